The third-order valence-electron chi connectivity index (χ3n) is 1.95. The van der Waals surface area contributed by atoms with Gasteiger partial charge in [0, 0.05) is 0 Å². The third-order valence-corrected chi connectivity index (χ3v) is 2.92. The van der Waals surface area contributed by atoms with Crippen molar-refractivity contribution >= 4 is 7.82 Å². The Morgan fingerprint density at radius 1 is 1.33 bits per heavy atom. The Hall–Kier alpha value is -0.910. The maximum Gasteiger partial charge on any atom is 0.321 e. The van der Waals surface area contributed by atoms with E-state index in [1.807, 2.05) is 21.1 Å². The van der Waals surface area contributed by atoms with Crippen LogP contribution in [0.15, 0.2) is 30.3 Å². The van der Waals surface area contributed by atoms with Gasteiger partial charge in [0.25, 0.3) is 0 Å². The highest BCUT2D eigenvalue weighted by atomic mass is 31.2. The van der Waals surface area contributed by atoms with Crippen molar-refractivity contribution in [3.63, 3.8) is 0 Å². The molecule has 0 saturated carbocycles. The first-order chi connectivity index (χ1) is 8.18. The lowest BCUT2D eigenvalue weighted by atomic mass is 10.3. The molecule has 1 aromatic carbocycles. The molecule has 18 heavy (non-hydrogen) atoms. The van der Waals surface area contributed by atoms with E-state index < -0.39 is 14.1 Å². The van der Waals surface area contributed by atoms with Crippen LogP contribution in [0.2, 0.25) is 0 Å². The summed E-state index contributed by atoms with van der Waals surface area (Å²) in [7, 11) is 1.22. The lowest BCUT2D eigenvalue weighted by molar-refractivity contribution is -0.873. The molecule has 2 unspecified atom stereocenters. The summed E-state index contributed by atoms with van der Waals surface area (Å²) in [5, 5.41) is 0. The zero-order valence-corrected chi connectivity index (χ0v) is 11.7. The quantitative estimate of drug-likeness (QED) is 0.465. The van der Waals surface area contributed by atoms with Crippen LogP contribution in [-0.2, 0) is 9.09 Å². The fourth-order valence-corrected chi connectivity index (χ4v) is 2.19. The SMILES string of the molecule is C[N+](C)(C)CC(N)OP(=O)([O-])Oc1ccccc1. The van der Waals surface area contributed by atoms with Crippen LogP contribution in [0.3, 0.4) is 0 Å². The van der Waals surface area contributed by atoms with Gasteiger partial charge >= 0.3 is 7.82 Å². The van der Waals surface area contributed by atoms with Crippen LogP contribution in [0.5, 0.6) is 5.75 Å². The summed E-state index contributed by atoms with van der Waals surface area (Å²) >= 11 is 0. The van der Waals surface area contributed by atoms with E-state index in [-0.39, 0.29) is 5.75 Å². The van der Waals surface area contributed by atoms with Gasteiger partial charge in [-0.05, 0) is 12.1 Å². The number of phosphoric acid groups is 1. The van der Waals surface area contributed by atoms with Gasteiger partial charge in [0.05, 0.1) is 21.1 Å². The van der Waals surface area contributed by atoms with Gasteiger partial charge < -0.3 is 19.6 Å². The largest absolute Gasteiger partial charge is 0.746 e. The maximum atomic E-state index is 11.6. The molecule has 0 aromatic heterocycles. The van der Waals surface area contributed by atoms with Crippen LogP contribution in [0.4, 0.5) is 0 Å². The topological polar surface area (TPSA) is 84.6 Å². The van der Waals surface area contributed by atoms with Gasteiger partial charge in [-0.3, -0.25) is 9.09 Å². The first-order valence-electron chi connectivity index (χ1n) is 5.48. The summed E-state index contributed by atoms with van der Waals surface area (Å²) in [6.45, 7) is 0.352. The molecule has 0 aliphatic heterocycles. The van der Waals surface area contributed by atoms with Crippen molar-refractivity contribution in [2.45, 2.75) is 6.23 Å². The van der Waals surface area contributed by atoms with Gasteiger partial charge in [-0.25, -0.2) is 0 Å². The molecular weight excluding hydrogens is 255 g/mol. The number of hydrogen-bond acceptors (Lipinski definition) is 5. The molecule has 1 rings (SSSR count). The Morgan fingerprint density at radius 2 is 1.89 bits per heavy atom. The lowest BCUT2D eigenvalue weighted by Gasteiger charge is -2.31. The minimum Gasteiger partial charge on any atom is -0.746 e. The molecule has 0 aliphatic carbocycles. The fourth-order valence-electron chi connectivity index (χ4n) is 1.37. The Balaban J connectivity index is 2.57. The molecule has 2 N–H and O–H groups in total. The molecule has 0 heterocycles. The monoisotopic (exact) mass is 274 g/mol. The minimum atomic E-state index is -4.44. The van der Waals surface area contributed by atoms with Crippen molar-refractivity contribution in [3.05, 3.63) is 30.3 Å². The summed E-state index contributed by atoms with van der Waals surface area (Å²) in [5.41, 5.74) is 5.61. The molecular formula is C11H19N2O4P. The average molecular weight is 274 g/mol. The molecule has 0 aliphatic rings. The van der Waals surface area contributed by atoms with Crippen LogP contribution >= 0.6 is 7.82 Å². The van der Waals surface area contributed by atoms with Gasteiger partial charge in [-0.2, -0.15) is 0 Å². The second kappa shape index (κ2) is 5.82. The summed E-state index contributed by atoms with van der Waals surface area (Å²) < 4.78 is 21.6. The average Bonchev–Trinajstić information content (AvgIpc) is 2.13. The summed E-state index contributed by atoms with van der Waals surface area (Å²) in [4.78, 5) is 11.6. The molecule has 1 aromatic rings. The minimum absolute atomic E-state index is 0.202. The highest BCUT2D eigenvalue weighted by molar-refractivity contribution is 7.46. The van der Waals surface area contributed by atoms with Gasteiger partial charge in [-0.15, -0.1) is 0 Å². The van der Waals surface area contributed by atoms with Crippen LogP contribution in [0.25, 0.3) is 0 Å². The van der Waals surface area contributed by atoms with Crippen molar-refractivity contribution in [2.24, 2.45) is 5.73 Å². The van der Waals surface area contributed by atoms with Crippen LogP contribution in [-0.4, -0.2) is 38.4 Å². The van der Waals surface area contributed by atoms with Gasteiger partial charge in [0.2, 0.25) is 0 Å². The molecule has 0 radical (unpaired) electrons. The predicted molar refractivity (Wildman–Crippen MR) is 66.6 cm³/mol. The van der Waals surface area contributed by atoms with Crippen molar-refractivity contribution in [1.29, 1.82) is 0 Å². The Morgan fingerprint density at radius 3 is 2.39 bits per heavy atom. The summed E-state index contributed by atoms with van der Waals surface area (Å²) in [5.74, 6) is 0.202. The van der Waals surface area contributed by atoms with Crippen LogP contribution in [0.1, 0.15) is 0 Å². The summed E-state index contributed by atoms with van der Waals surface area (Å²) in [6, 6.07) is 8.15. The number of quaternary nitrogens is 1. The van der Waals surface area contributed by atoms with Gasteiger partial charge in [-0.1, -0.05) is 18.2 Å². The maximum absolute atomic E-state index is 11.6. The molecule has 6 nitrogen and oxygen atoms in total. The van der Waals surface area contributed by atoms with Crippen molar-refractivity contribution in [1.82, 2.24) is 0 Å². The van der Waals surface area contributed by atoms with E-state index >= 15 is 0 Å². The zero-order chi connectivity index (χ0) is 13.8. The van der Waals surface area contributed by atoms with Crippen LogP contribution in [0, 0.1) is 0 Å². The molecule has 0 spiro atoms. The molecule has 102 valence electrons. The Kier molecular flexibility index (Phi) is 4.90. The number of phosphoric ester groups is 1. The summed E-state index contributed by atoms with van der Waals surface area (Å²) in [6.07, 6.45) is -0.933. The van der Waals surface area contributed by atoms with E-state index in [1.165, 1.54) is 12.1 Å². The van der Waals surface area contributed by atoms with E-state index in [4.69, 9.17) is 14.8 Å². The smallest absolute Gasteiger partial charge is 0.321 e. The number of nitrogens with two attached hydrogens (primary N) is 1. The Labute approximate surface area is 107 Å². The standard InChI is InChI=1S/C11H19N2O4P/c1-13(2,3)9-11(12)17-18(14,15)16-10-7-5-4-6-8-10/h4-8,11H,9,12H2,1-3H3. The van der Waals surface area contributed by atoms with Gasteiger partial charge in [0.15, 0.2) is 6.23 Å². The molecule has 0 fully saturated rings. The van der Waals surface area contributed by atoms with Crippen molar-refractivity contribution < 1.29 is 23.0 Å². The fraction of sp³-hybridized carbons (Fsp3) is 0.455. The molecule has 0 amide bonds. The second-order valence-corrected chi connectivity index (χ2v) is 6.26. The highest BCUT2D eigenvalue weighted by Gasteiger charge is 2.21. The third kappa shape index (κ3) is 6.14. The van der Waals surface area contributed by atoms with Gasteiger partial charge in [0.1, 0.15) is 12.3 Å². The number of likely N-dealkylation sites (N-methyl/N-ethyl adjacent to an activating group) is 1. The van der Waals surface area contributed by atoms with E-state index in [1.54, 1.807) is 18.2 Å². The van der Waals surface area contributed by atoms with E-state index in [9.17, 15) is 9.46 Å². The van der Waals surface area contributed by atoms with E-state index in [0.29, 0.717) is 11.0 Å². The molecule has 2 atom stereocenters. The van der Waals surface area contributed by atoms with E-state index in [0.717, 1.165) is 0 Å². The van der Waals surface area contributed by atoms with E-state index in [2.05, 4.69) is 0 Å². The normalized spacial score (nSPS) is 16.9. The number of para-hydroxylation sites is 1. The number of rotatable bonds is 6. The Bertz CT molecular complexity index is 419. The predicted octanol–water partition coefficient (Wildman–Crippen LogP) is 0.541. The number of nitrogens with zero attached hydrogens (tertiary/aromatic N) is 1. The second-order valence-electron chi connectivity index (χ2n) is 4.97. The number of benzene rings is 1. The van der Waals surface area contributed by atoms with Crippen molar-refractivity contribution in [2.75, 3.05) is 27.7 Å². The highest BCUT2D eigenvalue weighted by Crippen LogP contribution is 2.40. The first-order valence-corrected chi connectivity index (χ1v) is 6.94. The number of hydrogen-bond donors (Lipinski definition) is 1. The lowest BCUT2D eigenvalue weighted by Crippen LogP contribution is -2.46. The van der Waals surface area contributed by atoms with Crippen molar-refractivity contribution in [3.8, 4) is 5.75 Å². The molecule has 0 bridgehead atoms. The molecule has 0 saturated heterocycles. The zero-order valence-electron chi connectivity index (χ0n) is 10.8. The first kappa shape index (κ1) is 15.1. The van der Waals surface area contributed by atoms with Crippen LogP contribution < -0.4 is 15.2 Å². The molecule has 7 heteroatoms.